The zero-order chi connectivity index (χ0) is 8.81. The third kappa shape index (κ3) is 2.76. The van der Waals surface area contributed by atoms with E-state index in [0.29, 0.717) is 12.0 Å². The molecule has 1 aliphatic rings. The lowest BCUT2D eigenvalue weighted by Gasteiger charge is -2.16. The lowest BCUT2D eigenvalue weighted by atomic mass is 9.98. The van der Waals surface area contributed by atoms with Gasteiger partial charge in [-0.1, -0.05) is 19.8 Å². The molecule has 2 unspecified atom stereocenters. The highest BCUT2D eigenvalue weighted by molar-refractivity contribution is 4.75. The number of methoxy groups -OCH3 is 1. The second-order valence-electron chi connectivity index (χ2n) is 3.56. The van der Waals surface area contributed by atoms with E-state index in [0.717, 1.165) is 13.2 Å². The minimum absolute atomic E-state index is 0.477. The van der Waals surface area contributed by atoms with Crippen LogP contribution in [0, 0.1) is 5.92 Å². The first-order valence-corrected chi connectivity index (χ1v) is 4.99. The number of rotatable bonds is 5. The molecule has 2 heteroatoms. The van der Waals surface area contributed by atoms with Crippen LogP contribution in [0.3, 0.4) is 0 Å². The largest absolute Gasteiger partial charge is 0.384 e. The zero-order valence-corrected chi connectivity index (χ0v) is 8.21. The van der Waals surface area contributed by atoms with Crippen molar-refractivity contribution in [3.8, 4) is 0 Å². The van der Waals surface area contributed by atoms with E-state index in [1.807, 2.05) is 0 Å². The van der Waals surface area contributed by atoms with E-state index in [9.17, 15) is 0 Å². The fraction of sp³-hybridized carbons (Fsp3) is 1.00. The second kappa shape index (κ2) is 5.55. The van der Waals surface area contributed by atoms with E-state index in [1.54, 1.807) is 7.11 Å². The van der Waals surface area contributed by atoms with E-state index in [4.69, 9.17) is 9.47 Å². The minimum atomic E-state index is 0.477. The van der Waals surface area contributed by atoms with Gasteiger partial charge in [-0.3, -0.25) is 0 Å². The van der Waals surface area contributed by atoms with Gasteiger partial charge in [0.2, 0.25) is 0 Å². The summed E-state index contributed by atoms with van der Waals surface area (Å²) < 4.78 is 10.8. The predicted octanol–water partition coefficient (Wildman–Crippen LogP) is 2.23. The molecule has 0 bridgehead atoms. The summed E-state index contributed by atoms with van der Waals surface area (Å²) in [5.74, 6) is 0.654. The van der Waals surface area contributed by atoms with Crippen LogP contribution >= 0.6 is 0 Å². The highest BCUT2D eigenvalue weighted by Crippen LogP contribution is 2.24. The molecule has 1 rings (SSSR count). The van der Waals surface area contributed by atoms with Crippen molar-refractivity contribution in [3.63, 3.8) is 0 Å². The molecule has 0 aromatic carbocycles. The third-order valence-electron chi connectivity index (χ3n) is 2.57. The van der Waals surface area contributed by atoms with Crippen molar-refractivity contribution in [2.75, 3.05) is 20.3 Å². The molecule has 1 fully saturated rings. The van der Waals surface area contributed by atoms with Crippen LogP contribution in [0.2, 0.25) is 0 Å². The summed E-state index contributed by atoms with van der Waals surface area (Å²) in [6.07, 6.45) is 5.42. The molecule has 0 radical (unpaired) electrons. The van der Waals surface area contributed by atoms with Gasteiger partial charge in [0, 0.05) is 19.6 Å². The van der Waals surface area contributed by atoms with Crippen LogP contribution in [0.15, 0.2) is 0 Å². The number of ether oxygens (including phenoxy) is 2. The van der Waals surface area contributed by atoms with Crippen LogP contribution in [0.5, 0.6) is 0 Å². The van der Waals surface area contributed by atoms with Gasteiger partial charge < -0.3 is 9.47 Å². The first kappa shape index (κ1) is 10.0. The Hall–Kier alpha value is -0.0800. The third-order valence-corrected chi connectivity index (χ3v) is 2.57. The van der Waals surface area contributed by atoms with Crippen LogP contribution < -0.4 is 0 Å². The first-order chi connectivity index (χ1) is 5.88. The van der Waals surface area contributed by atoms with E-state index in [1.165, 1.54) is 25.7 Å². The van der Waals surface area contributed by atoms with E-state index in [-0.39, 0.29) is 0 Å². The number of hydrogen-bond acceptors (Lipinski definition) is 2. The molecule has 1 aliphatic heterocycles. The van der Waals surface area contributed by atoms with E-state index < -0.39 is 0 Å². The SMILES string of the molecule is CCCCC1OCCC1COC. The molecule has 0 amide bonds. The summed E-state index contributed by atoms with van der Waals surface area (Å²) >= 11 is 0. The molecule has 0 aromatic heterocycles. The smallest absolute Gasteiger partial charge is 0.0626 e. The highest BCUT2D eigenvalue weighted by Gasteiger charge is 2.27. The highest BCUT2D eigenvalue weighted by atomic mass is 16.5. The topological polar surface area (TPSA) is 18.5 Å². The lowest BCUT2D eigenvalue weighted by molar-refractivity contribution is 0.0529. The Bertz CT molecular complexity index is 114. The molecule has 72 valence electrons. The number of hydrogen-bond donors (Lipinski definition) is 0. The molecule has 0 aromatic rings. The lowest BCUT2D eigenvalue weighted by Crippen LogP contribution is -2.20. The fourth-order valence-electron chi connectivity index (χ4n) is 1.82. The van der Waals surface area contributed by atoms with Gasteiger partial charge in [-0.2, -0.15) is 0 Å². The van der Waals surface area contributed by atoms with Gasteiger partial charge in [0.1, 0.15) is 0 Å². The van der Waals surface area contributed by atoms with Gasteiger partial charge in [0.25, 0.3) is 0 Å². The van der Waals surface area contributed by atoms with Gasteiger partial charge in [0.05, 0.1) is 12.7 Å². The Morgan fingerprint density at radius 1 is 1.50 bits per heavy atom. The van der Waals surface area contributed by atoms with Crippen LogP contribution in [-0.4, -0.2) is 26.4 Å². The summed E-state index contributed by atoms with van der Waals surface area (Å²) in [5.41, 5.74) is 0. The summed E-state index contributed by atoms with van der Waals surface area (Å²) in [6.45, 7) is 4.02. The quantitative estimate of drug-likeness (QED) is 0.633. The second-order valence-corrected chi connectivity index (χ2v) is 3.56. The van der Waals surface area contributed by atoms with Crippen molar-refractivity contribution in [2.24, 2.45) is 5.92 Å². The van der Waals surface area contributed by atoms with Gasteiger partial charge in [0.15, 0.2) is 0 Å². The van der Waals surface area contributed by atoms with Crippen LogP contribution in [-0.2, 0) is 9.47 Å². The van der Waals surface area contributed by atoms with Crippen molar-refractivity contribution in [3.05, 3.63) is 0 Å². The van der Waals surface area contributed by atoms with Gasteiger partial charge in [-0.15, -0.1) is 0 Å². The Morgan fingerprint density at radius 2 is 2.33 bits per heavy atom. The van der Waals surface area contributed by atoms with Crippen LogP contribution in [0.1, 0.15) is 32.6 Å². The molecular weight excluding hydrogens is 152 g/mol. The molecule has 2 nitrogen and oxygen atoms in total. The summed E-state index contributed by atoms with van der Waals surface area (Å²) in [5, 5.41) is 0. The van der Waals surface area contributed by atoms with Crippen molar-refractivity contribution in [1.29, 1.82) is 0 Å². The number of unbranched alkanes of at least 4 members (excludes halogenated alkanes) is 1. The molecule has 0 saturated carbocycles. The summed E-state index contributed by atoms with van der Waals surface area (Å²) in [4.78, 5) is 0. The molecule has 0 aliphatic carbocycles. The van der Waals surface area contributed by atoms with Gasteiger partial charge >= 0.3 is 0 Å². The molecule has 0 N–H and O–H groups in total. The Balaban J connectivity index is 2.20. The standard InChI is InChI=1S/C10H20O2/c1-3-4-5-10-9(8-11-2)6-7-12-10/h9-10H,3-8H2,1-2H3. The summed E-state index contributed by atoms with van der Waals surface area (Å²) in [6, 6.07) is 0. The Labute approximate surface area is 75.2 Å². The van der Waals surface area contributed by atoms with Gasteiger partial charge in [-0.25, -0.2) is 0 Å². The Kier molecular flexibility index (Phi) is 4.62. The van der Waals surface area contributed by atoms with E-state index >= 15 is 0 Å². The van der Waals surface area contributed by atoms with Crippen molar-refractivity contribution >= 4 is 0 Å². The van der Waals surface area contributed by atoms with Crippen molar-refractivity contribution < 1.29 is 9.47 Å². The van der Waals surface area contributed by atoms with Gasteiger partial charge in [-0.05, 0) is 12.8 Å². The van der Waals surface area contributed by atoms with Crippen molar-refractivity contribution in [2.45, 2.75) is 38.7 Å². The molecular formula is C10H20O2. The van der Waals surface area contributed by atoms with E-state index in [2.05, 4.69) is 6.92 Å². The minimum Gasteiger partial charge on any atom is -0.384 e. The first-order valence-electron chi connectivity index (χ1n) is 4.99. The molecule has 0 spiro atoms. The molecule has 12 heavy (non-hydrogen) atoms. The molecule has 1 heterocycles. The average molecular weight is 172 g/mol. The average Bonchev–Trinajstić information content (AvgIpc) is 2.50. The maximum Gasteiger partial charge on any atom is 0.0626 e. The monoisotopic (exact) mass is 172 g/mol. The molecule has 2 atom stereocenters. The molecule has 1 saturated heterocycles. The zero-order valence-electron chi connectivity index (χ0n) is 8.21. The Morgan fingerprint density at radius 3 is 3.00 bits per heavy atom. The van der Waals surface area contributed by atoms with Crippen LogP contribution in [0.25, 0.3) is 0 Å². The fourth-order valence-corrected chi connectivity index (χ4v) is 1.82. The van der Waals surface area contributed by atoms with Crippen molar-refractivity contribution in [1.82, 2.24) is 0 Å². The maximum absolute atomic E-state index is 5.64. The normalized spacial score (nSPS) is 29.5. The van der Waals surface area contributed by atoms with Crippen LogP contribution in [0.4, 0.5) is 0 Å². The maximum atomic E-state index is 5.64. The predicted molar refractivity (Wildman–Crippen MR) is 49.2 cm³/mol. The summed E-state index contributed by atoms with van der Waals surface area (Å²) in [7, 11) is 1.77.